The molecule has 0 aliphatic rings. The van der Waals surface area contributed by atoms with Crippen LogP contribution in [-0.4, -0.2) is 19.8 Å². The zero-order valence-electron chi connectivity index (χ0n) is 13.6. The molecule has 0 fully saturated rings. The smallest absolute Gasteiger partial charge is 0.192 e. The first kappa shape index (κ1) is 17.9. The van der Waals surface area contributed by atoms with Gasteiger partial charge >= 0.3 is 0 Å². The van der Waals surface area contributed by atoms with Gasteiger partial charge in [0.1, 0.15) is 0 Å². The molecule has 3 heteroatoms. The Kier molecular flexibility index (Phi) is 6.96. The molecule has 0 aromatic heterocycles. The van der Waals surface area contributed by atoms with E-state index >= 15 is 0 Å². The molecule has 0 amide bonds. The molecule has 0 spiro atoms. The predicted octanol–water partition coefficient (Wildman–Crippen LogP) is 5.79. The average Bonchev–Trinajstić information content (AvgIpc) is 2.36. The second-order valence-electron chi connectivity index (χ2n) is 7.00. The Morgan fingerprint density at radius 1 is 1.10 bits per heavy atom. The summed E-state index contributed by atoms with van der Waals surface area (Å²) in [5.74, 6) is 0. The summed E-state index contributed by atoms with van der Waals surface area (Å²) in [5.41, 5.74) is 1.41. The van der Waals surface area contributed by atoms with Crippen molar-refractivity contribution < 1.29 is 4.43 Å². The Morgan fingerprint density at radius 3 is 2.20 bits per heavy atom. The third-order valence-corrected chi connectivity index (χ3v) is 9.29. The monoisotopic (exact) mass is 356 g/mol. The number of rotatable bonds is 7. The fourth-order valence-electron chi connectivity index (χ4n) is 1.95. The summed E-state index contributed by atoms with van der Waals surface area (Å²) in [6.07, 6.45) is 3.68. The zero-order valence-corrected chi connectivity index (χ0v) is 16.2. The van der Waals surface area contributed by atoms with Gasteiger partial charge in [-0.15, -0.1) is 0 Å². The van der Waals surface area contributed by atoms with Gasteiger partial charge in [0.2, 0.25) is 0 Å². The molecule has 1 aromatic carbocycles. The molecule has 0 bridgehead atoms. The minimum absolute atomic E-state index is 0.282. The standard InChI is InChI=1S/C17H29BrOSi/c1-17(2,3)20(4,5)19-16(13-14-18)12-11-15-9-7-6-8-10-15/h6-10,16H,11-14H2,1-5H3/t16-/m0/s1. The van der Waals surface area contributed by atoms with Crippen LogP contribution < -0.4 is 0 Å². The third-order valence-electron chi connectivity index (χ3n) is 4.30. The van der Waals surface area contributed by atoms with E-state index in [1.165, 1.54) is 5.56 Å². The van der Waals surface area contributed by atoms with Crippen molar-refractivity contribution in [1.29, 1.82) is 0 Å². The summed E-state index contributed by atoms with van der Waals surface area (Å²) < 4.78 is 6.57. The van der Waals surface area contributed by atoms with Gasteiger partial charge in [-0.3, -0.25) is 0 Å². The quantitative estimate of drug-likeness (QED) is 0.443. The summed E-state index contributed by atoms with van der Waals surface area (Å²) in [6, 6.07) is 10.7. The van der Waals surface area contributed by atoms with Crippen LogP contribution in [-0.2, 0) is 10.8 Å². The lowest BCUT2D eigenvalue weighted by molar-refractivity contribution is 0.168. The molecular formula is C17H29BrOSi. The van der Waals surface area contributed by atoms with Crippen molar-refractivity contribution in [3.8, 4) is 0 Å². The van der Waals surface area contributed by atoms with Crippen LogP contribution in [0.4, 0.5) is 0 Å². The van der Waals surface area contributed by atoms with Crippen molar-refractivity contribution in [2.24, 2.45) is 0 Å². The van der Waals surface area contributed by atoms with E-state index in [0.717, 1.165) is 24.6 Å². The lowest BCUT2D eigenvalue weighted by Gasteiger charge is -2.39. The second-order valence-corrected chi connectivity index (χ2v) is 12.6. The van der Waals surface area contributed by atoms with E-state index < -0.39 is 8.32 Å². The molecule has 0 heterocycles. The minimum Gasteiger partial charge on any atom is -0.414 e. The highest BCUT2D eigenvalue weighted by molar-refractivity contribution is 9.09. The molecule has 114 valence electrons. The fourth-order valence-corrected chi connectivity index (χ4v) is 3.88. The Labute approximate surface area is 134 Å². The molecule has 0 aliphatic heterocycles. The van der Waals surface area contributed by atoms with E-state index in [2.05, 4.69) is 80.1 Å². The van der Waals surface area contributed by atoms with Gasteiger partial charge in [0, 0.05) is 11.4 Å². The van der Waals surface area contributed by atoms with E-state index in [1.807, 2.05) is 0 Å². The summed E-state index contributed by atoms with van der Waals surface area (Å²) >= 11 is 3.57. The number of halogens is 1. The van der Waals surface area contributed by atoms with Gasteiger partial charge in [-0.2, -0.15) is 0 Å². The molecular weight excluding hydrogens is 328 g/mol. The van der Waals surface area contributed by atoms with Crippen LogP contribution in [0.1, 0.15) is 39.2 Å². The summed E-state index contributed by atoms with van der Waals surface area (Å²) in [6.45, 7) is 11.6. The van der Waals surface area contributed by atoms with E-state index in [1.54, 1.807) is 0 Å². The van der Waals surface area contributed by atoms with Crippen LogP contribution in [0.25, 0.3) is 0 Å². The first-order valence-electron chi connectivity index (χ1n) is 7.54. The van der Waals surface area contributed by atoms with Gasteiger partial charge < -0.3 is 4.43 Å². The van der Waals surface area contributed by atoms with Crippen molar-refractivity contribution in [2.75, 3.05) is 5.33 Å². The number of benzene rings is 1. The largest absolute Gasteiger partial charge is 0.414 e. The molecule has 1 rings (SSSR count). The highest BCUT2D eigenvalue weighted by atomic mass is 79.9. The van der Waals surface area contributed by atoms with Gasteiger partial charge in [-0.05, 0) is 43.0 Å². The Hall–Kier alpha value is -0.123. The van der Waals surface area contributed by atoms with Crippen molar-refractivity contribution in [1.82, 2.24) is 0 Å². The van der Waals surface area contributed by atoms with Crippen molar-refractivity contribution >= 4 is 24.2 Å². The van der Waals surface area contributed by atoms with Gasteiger partial charge in [-0.25, -0.2) is 0 Å². The van der Waals surface area contributed by atoms with Gasteiger partial charge in [0.25, 0.3) is 0 Å². The van der Waals surface area contributed by atoms with E-state index in [-0.39, 0.29) is 5.04 Å². The normalized spacial score (nSPS) is 14.3. The molecule has 1 nitrogen and oxygen atoms in total. The van der Waals surface area contributed by atoms with Crippen molar-refractivity contribution in [3.63, 3.8) is 0 Å². The fraction of sp³-hybridized carbons (Fsp3) is 0.647. The molecule has 0 aliphatic carbocycles. The highest BCUT2D eigenvalue weighted by Crippen LogP contribution is 2.38. The average molecular weight is 357 g/mol. The molecule has 0 N–H and O–H groups in total. The molecule has 0 saturated heterocycles. The summed E-state index contributed by atoms with van der Waals surface area (Å²) in [7, 11) is -1.66. The van der Waals surface area contributed by atoms with Gasteiger partial charge in [-0.1, -0.05) is 67.0 Å². The Morgan fingerprint density at radius 2 is 1.70 bits per heavy atom. The maximum absolute atomic E-state index is 6.57. The summed E-state index contributed by atoms with van der Waals surface area (Å²) in [4.78, 5) is 0. The lowest BCUT2D eigenvalue weighted by Crippen LogP contribution is -2.44. The second kappa shape index (κ2) is 7.76. The predicted molar refractivity (Wildman–Crippen MR) is 95.2 cm³/mol. The Bertz CT molecular complexity index is 384. The Balaban J connectivity index is 2.61. The molecule has 0 saturated carbocycles. The van der Waals surface area contributed by atoms with Gasteiger partial charge in [0.05, 0.1) is 0 Å². The van der Waals surface area contributed by atoms with Crippen LogP contribution in [0.15, 0.2) is 30.3 Å². The van der Waals surface area contributed by atoms with Crippen LogP contribution in [0, 0.1) is 0 Å². The summed E-state index contributed by atoms with van der Waals surface area (Å²) in [5, 5.41) is 1.30. The van der Waals surface area contributed by atoms with Crippen LogP contribution in [0.5, 0.6) is 0 Å². The SMILES string of the molecule is CC(C)(C)[Si](C)(C)O[C@H](CCBr)CCc1ccccc1. The van der Waals surface area contributed by atoms with Crippen molar-refractivity contribution in [2.45, 2.75) is 64.3 Å². The molecule has 0 radical (unpaired) electrons. The lowest BCUT2D eigenvalue weighted by atomic mass is 10.1. The topological polar surface area (TPSA) is 9.23 Å². The van der Waals surface area contributed by atoms with E-state index in [9.17, 15) is 0 Å². The van der Waals surface area contributed by atoms with Crippen LogP contribution in [0.3, 0.4) is 0 Å². The molecule has 20 heavy (non-hydrogen) atoms. The first-order valence-corrected chi connectivity index (χ1v) is 11.6. The zero-order chi connectivity index (χ0) is 15.2. The minimum atomic E-state index is -1.66. The van der Waals surface area contributed by atoms with Crippen LogP contribution in [0.2, 0.25) is 18.1 Å². The maximum atomic E-state index is 6.57. The highest BCUT2D eigenvalue weighted by Gasteiger charge is 2.38. The number of hydrogen-bond acceptors (Lipinski definition) is 1. The molecule has 0 unspecified atom stereocenters. The first-order chi connectivity index (χ1) is 9.26. The number of alkyl halides is 1. The maximum Gasteiger partial charge on any atom is 0.192 e. The van der Waals surface area contributed by atoms with Crippen LogP contribution >= 0.6 is 15.9 Å². The molecule has 1 aromatic rings. The van der Waals surface area contributed by atoms with Crippen molar-refractivity contribution in [3.05, 3.63) is 35.9 Å². The van der Waals surface area contributed by atoms with E-state index in [0.29, 0.717) is 6.10 Å². The molecule has 1 atom stereocenters. The number of aryl methyl sites for hydroxylation is 1. The number of hydrogen-bond donors (Lipinski definition) is 0. The third kappa shape index (κ3) is 5.70. The van der Waals surface area contributed by atoms with E-state index in [4.69, 9.17) is 4.43 Å². The van der Waals surface area contributed by atoms with Gasteiger partial charge in [0.15, 0.2) is 8.32 Å².